The summed E-state index contributed by atoms with van der Waals surface area (Å²) in [7, 11) is -3.75. The molecule has 1 saturated heterocycles. The fourth-order valence-corrected chi connectivity index (χ4v) is 6.27. The summed E-state index contributed by atoms with van der Waals surface area (Å²) < 4.78 is 33.5. The van der Waals surface area contributed by atoms with Gasteiger partial charge in [0.2, 0.25) is 5.91 Å². The third-order valence-corrected chi connectivity index (χ3v) is 8.09. The molecule has 3 aliphatic rings. The van der Waals surface area contributed by atoms with Gasteiger partial charge in [-0.2, -0.15) is 0 Å². The van der Waals surface area contributed by atoms with E-state index in [4.69, 9.17) is 4.74 Å². The van der Waals surface area contributed by atoms with Crippen molar-refractivity contribution in [2.45, 2.75) is 29.9 Å². The second-order valence-corrected chi connectivity index (χ2v) is 10.0. The summed E-state index contributed by atoms with van der Waals surface area (Å²) >= 11 is 0. The van der Waals surface area contributed by atoms with E-state index in [1.165, 1.54) is 28.6 Å². The Balaban J connectivity index is 1.34. The van der Waals surface area contributed by atoms with E-state index >= 15 is 0 Å². The lowest BCUT2D eigenvalue weighted by Crippen LogP contribution is -2.39. The average molecular weight is 455 g/mol. The maximum atomic E-state index is 13.2. The Hall–Kier alpha value is -3.17. The summed E-state index contributed by atoms with van der Waals surface area (Å²) in [6, 6.07) is 13.4. The number of amides is 1. The Bertz CT molecular complexity index is 1210. The van der Waals surface area contributed by atoms with E-state index < -0.39 is 45.9 Å². The van der Waals surface area contributed by atoms with Crippen LogP contribution in [0.25, 0.3) is 0 Å². The first-order valence-electron chi connectivity index (χ1n) is 10.4. The molecular weight excluding hydrogens is 432 g/mol. The van der Waals surface area contributed by atoms with Gasteiger partial charge < -0.3 is 15.2 Å². The minimum Gasteiger partial charge on any atom is -0.481 e. The third-order valence-electron chi connectivity index (χ3n) is 6.26. The number of nitrogens with zero attached hydrogens (tertiary/aromatic N) is 1. The molecular formula is C23H22N2O6S. The highest BCUT2D eigenvalue weighted by molar-refractivity contribution is 7.92. The Morgan fingerprint density at radius 3 is 2.41 bits per heavy atom. The number of para-hydroxylation sites is 1. The van der Waals surface area contributed by atoms with Crippen molar-refractivity contribution in [1.82, 2.24) is 0 Å². The van der Waals surface area contributed by atoms with E-state index in [-0.39, 0.29) is 4.90 Å². The number of carbonyl (C=O) groups is 2. The number of nitrogens with one attached hydrogen (secondary N) is 1. The summed E-state index contributed by atoms with van der Waals surface area (Å²) in [6.45, 7) is 0.409. The summed E-state index contributed by atoms with van der Waals surface area (Å²) in [6.07, 6.45) is 3.79. The van der Waals surface area contributed by atoms with Crippen molar-refractivity contribution in [2.24, 2.45) is 11.8 Å². The van der Waals surface area contributed by atoms with E-state index in [1.54, 1.807) is 12.2 Å². The van der Waals surface area contributed by atoms with Gasteiger partial charge in [0.15, 0.2) is 0 Å². The SMILES string of the molecule is O=C(O)[C@@H]1[C@@H](C(=O)Nc2ccc(S(=O)(=O)N3CCCc4ccccc43)cc2)[C@H]2C=C[C@H]1O2. The summed E-state index contributed by atoms with van der Waals surface area (Å²) in [5.41, 5.74) is 2.09. The van der Waals surface area contributed by atoms with Crippen LogP contribution in [0.1, 0.15) is 12.0 Å². The number of benzene rings is 2. The number of carboxylic acid groups (broad SMARTS) is 1. The zero-order valence-electron chi connectivity index (χ0n) is 17.0. The zero-order chi connectivity index (χ0) is 22.5. The number of hydrogen-bond donors (Lipinski definition) is 2. The number of carbonyl (C=O) groups excluding carboxylic acids is 1. The summed E-state index contributed by atoms with van der Waals surface area (Å²) in [5, 5.41) is 12.2. The van der Waals surface area contributed by atoms with Gasteiger partial charge in [-0.3, -0.25) is 13.9 Å². The van der Waals surface area contributed by atoms with Crippen molar-refractivity contribution in [2.75, 3.05) is 16.2 Å². The number of aryl methyl sites for hydroxylation is 1. The largest absolute Gasteiger partial charge is 0.481 e. The van der Waals surface area contributed by atoms with Gasteiger partial charge in [0.1, 0.15) is 5.92 Å². The number of anilines is 2. The number of sulfonamides is 1. The van der Waals surface area contributed by atoms with Crippen LogP contribution in [0.5, 0.6) is 0 Å². The molecule has 0 unspecified atom stereocenters. The zero-order valence-corrected chi connectivity index (χ0v) is 17.9. The molecule has 4 atom stereocenters. The molecule has 1 fully saturated rings. The van der Waals surface area contributed by atoms with E-state index in [2.05, 4.69) is 5.32 Å². The molecule has 0 saturated carbocycles. The molecule has 9 heteroatoms. The van der Waals surface area contributed by atoms with Gasteiger partial charge in [-0.05, 0) is 48.7 Å². The third kappa shape index (κ3) is 3.37. The van der Waals surface area contributed by atoms with Gasteiger partial charge in [0.25, 0.3) is 10.0 Å². The van der Waals surface area contributed by atoms with Gasteiger partial charge in [-0.15, -0.1) is 0 Å². The van der Waals surface area contributed by atoms with Gasteiger partial charge in [0, 0.05) is 12.2 Å². The van der Waals surface area contributed by atoms with Crippen LogP contribution in [0.4, 0.5) is 11.4 Å². The fourth-order valence-electron chi connectivity index (χ4n) is 4.73. The summed E-state index contributed by atoms with van der Waals surface area (Å²) in [4.78, 5) is 24.5. The minimum absolute atomic E-state index is 0.127. The highest BCUT2D eigenvalue weighted by Gasteiger charge is 2.53. The monoisotopic (exact) mass is 454 g/mol. The van der Waals surface area contributed by atoms with Gasteiger partial charge >= 0.3 is 5.97 Å². The van der Waals surface area contributed by atoms with Crippen LogP contribution in [0, 0.1) is 11.8 Å². The van der Waals surface area contributed by atoms with Crippen LogP contribution in [0.3, 0.4) is 0 Å². The molecule has 2 aromatic rings. The Labute approximate surface area is 185 Å². The van der Waals surface area contributed by atoms with E-state index in [0.717, 1.165) is 18.4 Å². The topological polar surface area (TPSA) is 113 Å². The molecule has 0 spiro atoms. The Morgan fingerprint density at radius 1 is 1.00 bits per heavy atom. The smallest absolute Gasteiger partial charge is 0.310 e. The standard InChI is InChI=1S/C23H22N2O6S/c26-22(20-18-11-12-19(31-18)21(20)23(27)28)24-15-7-9-16(10-8-15)32(29,30)25-13-3-5-14-4-1-2-6-17(14)25/h1-2,4,6-12,18-21H,3,5,13H2,(H,24,26)(H,27,28)/t18-,19-,20+,21+/m1/s1. The van der Waals surface area contributed by atoms with Gasteiger partial charge in [0.05, 0.1) is 28.7 Å². The number of carboxylic acids is 1. The van der Waals surface area contributed by atoms with Crippen LogP contribution >= 0.6 is 0 Å². The van der Waals surface area contributed by atoms with Crippen molar-refractivity contribution < 1.29 is 27.9 Å². The highest BCUT2D eigenvalue weighted by atomic mass is 32.2. The van der Waals surface area contributed by atoms with E-state index in [0.29, 0.717) is 17.9 Å². The second kappa shape index (κ2) is 7.75. The molecule has 2 bridgehead atoms. The van der Waals surface area contributed by atoms with Gasteiger partial charge in [-0.1, -0.05) is 30.4 Å². The lowest BCUT2D eigenvalue weighted by Gasteiger charge is -2.30. The second-order valence-electron chi connectivity index (χ2n) is 8.16. The number of aliphatic carboxylic acids is 1. The van der Waals surface area contributed by atoms with Crippen LogP contribution in [0.2, 0.25) is 0 Å². The number of rotatable bonds is 5. The molecule has 8 nitrogen and oxygen atoms in total. The predicted molar refractivity (Wildman–Crippen MR) is 117 cm³/mol. The minimum atomic E-state index is -3.75. The molecule has 0 radical (unpaired) electrons. The first-order valence-corrected chi connectivity index (χ1v) is 11.9. The molecule has 0 aliphatic carbocycles. The predicted octanol–water partition coefficient (Wildman–Crippen LogP) is 2.42. The lowest BCUT2D eigenvalue weighted by molar-refractivity contribution is -0.145. The van der Waals surface area contributed by atoms with Crippen molar-refractivity contribution in [1.29, 1.82) is 0 Å². The molecule has 5 rings (SSSR count). The molecule has 166 valence electrons. The van der Waals surface area contributed by atoms with Crippen molar-refractivity contribution in [3.8, 4) is 0 Å². The highest BCUT2D eigenvalue weighted by Crippen LogP contribution is 2.40. The van der Waals surface area contributed by atoms with Crippen LogP contribution in [0.15, 0.2) is 65.6 Å². The molecule has 2 aromatic carbocycles. The van der Waals surface area contributed by atoms with Crippen molar-refractivity contribution in [3.05, 3.63) is 66.2 Å². The normalized spacial score (nSPS) is 26.1. The fraction of sp³-hybridized carbons (Fsp3) is 0.304. The first-order chi connectivity index (χ1) is 15.4. The maximum absolute atomic E-state index is 13.2. The maximum Gasteiger partial charge on any atom is 0.310 e. The molecule has 32 heavy (non-hydrogen) atoms. The van der Waals surface area contributed by atoms with E-state index in [1.807, 2.05) is 24.3 Å². The lowest BCUT2D eigenvalue weighted by atomic mass is 9.82. The quantitative estimate of drug-likeness (QED) is 0.671. The van der Waals surface area contributed by atoms with Crippen LogP contribution in [-0.4, -0.2) is 44.2 Å². The summed E-state index contributed by atoms with van der Waals surface area (Å²) in [5.74, 6) is -3.32. The molecule has 1 amide bonds. The average Bonchev–Trinajstić information content (AvgIpc) is 3.41. The van der Waals surface area contributed by atoms with E-state index in [9.17, 15) is 23.1 Å². The molecule has 3 heterocycles. The number of fused-ring (bicyclic) bond motifs is 3. The van der Waals surface area contributed by atoms with Crippen LogP contribution in [-0.2, 0) is 30.8 Å². The number of ether oxygens (including phenoxy) is 1. The molecule has 3 aliphatic heterocycles. The van der Waals surface area contributed by atoms with Gasteiger partial charge in [-0.25, -0.2) is 8.42 Å². The molecule has 2 N–H and O–H groups in total. The molecule has 0 aromatic heterocycles. The Morgan fingerprint density at radius 2 is 1.69 bits per heavy atom. The Kier molecular flexibility index (Phi) is 5.02. The number of hydrogen-bond acceptors (Lipinski definition) is 5. The van der Waals surface area contributed by atoms with Crippen molar-refractivity contribution in [3.63, 3.8) is 0 Å². The van der Waals surface area contributed by atoms with Crippen LogP contribution < -0.4 is 9.62 Å². The first kappa shape index (κ1) is 20.7. The van der Waals surface area contributed by atoms with Crippen molar-refractivity contribution >= 4 is 33.3 Å².